The van der Waals surface area contributed by atoms with Gasteiger partial charge in [-0.3, -0.25) is 0 Å². The van der Waals surface area contributed by atoms with Crippen molar-refractivity contribution in [2.75, 3.05) is 0 Å². The van der Waals surface area contributed by atoms with Gasteiger partial charge in [-0.2, -0.15) is 4.98 Å². The van der Waals surface area contributed by atoms with Crippen LogP contribution >= 0.6 is 0 Å². The molecule has 4 heteroatoms. The number of benzene rings is 2. The maximum atomic E-state index is 5.35. The van der Waals surface area contributed by atoms with Crippen LogP contribution in [0.1, 0.15) is 61.1 Å². The Morgan fingerprint density at radius 1 is 0.920 bits per heavy atom. The predicted octanol–water partition coefficient (Wildman–Crippen LogP) is 4.63. The van der Waals surface area contributed by atoms with Gasteiger partial charge in [-0.15, -0.1) is 0 Å². The van der Waals surface area contributed by atoms with Gasteiger partial charge in [0.1, 0.15) is 0 Å². The molecule has 0 amide bonds. The van der Waals surface area contributed by atoms with Gasteiger partial charge in [0.25, 0.3) is 0 Å². The third-order valence-corrected chi connectivity index (χ3v) is 4.38. The molecular formula is C21H25N3O. The summed E-state index contributed by atoms with van der Waals surface area (Å²) < 4.78 is 5.35. The van der Waals surface area contributed by atoms with E-state index in [9.17, 15) is 0 Å². The summed E-state index contributed by atoms with van der Waals surface area (Å²) in [5.74, 6) is 1.90. The van der Waals surface area contributed by atoms with E-state index in [2.05, 4.69) is 72.6 Å². The smallest absolute Gasteiger partial charge is 0.231 e. The fourth-order valence-corrected chi connectivity index (χ4v) is 2.74. The number of nitrogens with zero attached hydrogens (tertiary/aromatic N) is 2. The van der Waals surface area contributed by atoms with Crippen LogP contribution in [0.15, 0.2) is 59.1 Å². The van der Waals surface area contributed by atoms with Crippen molar-refractivity contribution in [1.29, 1.82) is 0 Å². The van der Waals surface area contributed by atoms with Crippen molar-refractivity contribution in [3.63, 3.8) is 0 Å². The van der Waals surface area contributed by atoms with Crippen molar-refractivity contribution in [2.45, 2.75) is 45.7 Å². The summed E-state index contributed by atoms with van der Waals surface area (Å²) in [5, 5.41) is 7.52. The Hall–Kier alpha value is -2.46. The summed E-state index contributed by atoms with van der Waals surface area (Å²) in [4.78, 5) is 4.47. The Morgan fingerprint density at radius 3 is 2.28 bits per heavy atom. The first-order valence-corrected chi connectivity index (χ1v) is 8.80. The second-order valence-electron chi connectivity index (χ2n) is 6.69. The van der Waals surface area contributed by atoms with Crippen LogP contribution in [0, 0.1) is 0 Å². The first-order chi connectivity index (χ1) is 12.1. The maximum absolute atomic E-state index is 5.35. The molecule has 0 fully saturated rings. The average molecular weight is 335 g/mol. The van der Waals surface area contributed by atoms with Crippen LogP contribution in [-0.4, -0.2) is 10.1 Å². The summed E-state index contributed by atoms with van der Waals surface area (Å²) in [7, 11) is 0. The Kier molecular flexibility index (Phi) is 5.61. The van der Waals surface area contributed by atoms with Crippen molar-refractivity contribution in [1.82, 2.24) is 15.5 Å². The molecule has 3 rings (SSSR count). The van der Waals surface area contributed by atoms with E-state index >= 15 is 0 Å². The lowest BCUT2D eigenvalue weighted by Crippen LogP contribution is -2.18. The van der Waals surface area contributed by atoms with E-state index in [1.54, 1.807) is 0 Å². The van der Waals surface area contributed by atoms with Crippen molar-refractivity contribution in [3.05, 3.63) is 83.0 Å². The van der Waals surface area contributed by atoms with Gasteiger partial charge in [0, 0.05) is 6.04 Å². The monoisotopic (exact) mass is 335 g/mol. The van der Waals surface area contributed by atoms with Gasteiger partial charge < -0.3 is 9.84 Å². The van der Waals surface area contributed by atoms with Crippen molar-refractivity contribution >= 4 is 0 Å². The molecular weight excluding hydrogens is 310 g/mol. The molecule has 2 aromatic carbocycles. The summed E-state index contributed by atoms with van der Waals surface area (Å²) >= 11 is 0. The van der Waals surface area contributed by atoms with Crippen LogP contribution in [0.4, 0.5) is 0 Å². The van der Waals surface area contributed by atoms with Crippen LogP contribution in [0.2, 0.25) is 0 Å². The number of hydrogen-bond donors (Lipinski definition) is 1. The molecule has 0 radical (unpaired) electrons. The topological polar surface area (TPSA) is 51.0 Å². The van der Waals surface area contributed by atoms with Gasteiger partial charge in [0.2, 0.25) is 5.89 Å². The SMILES string of the molecule is CC(C)c1ccc([C@H](C)NCc2noc(Cc3ccccc3)n2)cc1. The highest BCUT2D eigenvalue weighted by Crippen LogP contribution is 2.18. The molecule has 1 heterocycles. The minimum atomic E-state index is 0.234. The Labute approximate surface area is 149 Å². The summed E-state index contributed by atoms with van der Waals surface area (Å²) in [6, 6.07) is 19.2. The molecule has 25 heavy (non-hydrogen) atoms. The number of rotatable bonds is 7. The third-order valence-electron chi connectivity index (χ3n) is 4.38. The first-order valence-electron chi connectivity index (χ1n) is 8.80. The molecule has 0 spiro atoms. The van der Waals surface area contributed by atoms with Crippen molar-refractivity contribution in [3.8, 4) is 0 Å². The van der Waals surface area contributed by atoms with Gasteiger partial charge in [-0.1, -0.05) is 73.6 Å². The summed E-state index contributed by atoms with van der Waals surface area (Å²) in [6.07, 6.45) is 0.667. The standard InChI is InChI=1S/C21H25N3O/c1-15(2)18-9-11-19(12-10-18)16(3)22-14-20-23-21(25-24-20)13-17-7-5-4-6-8-17/h4-12,15-16,22H,13-14H2,1-3H3/t16-/m0/s1. The normalized spacial score (nSPS) is 12.5. The molecule has 0 aliphatic carbocycles. The quantitative estimate of drug-likeness (QED) is 0.683. The second-order valence-corrected chi connectivity index (χ2v) is 6.69. The molecule has 0 unspecified atom stereocenters. The Bertz CT molecular complexity index is 778. The van der Waals surface area contributed by atoms with E-state index in [0.717, 1.165) is 0 Å². The predicted molar refractivity (Wildman–Crippen MR) is 99.3 cm³/mol. The molecule has 0 aliphatic heterocycles. The van der Waals surface area contributed by atoms with Crippen molar-refractivity contribution < 1.29 is 4.52 Å². The van der Waals surface area contributed by atoms with E-state index in [1.807, 2.05) is 18.2 Å². The number of hydrogen-bond acceptors (Lipinski definition) is 4. The van der Waals surface area contributed by atoms with Crippen LogP contribution in [-0.2, 0) is 13.0 Å². The molecule has 1 N–H and O–H groups in total. The van der Waals surface area contributed by atoms with Gasteiger partial charge in [0.05, 0.1) is 13.0 Å². The fourth-order valence-electron chi connectivity index (χ4n) is 2.74. The van der Waals surface area contributed by atoms with E-state index < -0.39 is 0 Å². The minimum absolute atomic E-state index is 0.234. The molecule has 1 atom stereocenters. The fraction of sp³-hybridized carbons (Fsp3) is 0.333. The van der Waals surface area contributed by atoms with E-state index in [1.165, 1.54) is 16.7 Å². The highest BCUT2D eigenvalue weighted by atomic mass is 16.5. The van der Waals surface area contributed by atoms with Gasteiger partial charge in [-0.05, 0) is 29.5 Å². The van der Waals surface area contributed by atoms with Crippen LogP contribution in [0.3, 0.4) is 0 Å². The van der Waals surface area contributed by atoms with E-state index in [0.29, 0.717) is 30.6 Å². The number of aromatic nitrogens is 2. The zero-order chi connectivity index (χ0) is 17.6. The maximum Gasteiger partial charge on any atom is 0.231 e. The zero-order valence-electron chi connectivity index (χ0n) is 15.1. The second kappa shape index (κ2) is 8.08. The lowest BCUT2D eigenvalue weighted by molar-refractivity contribution is 0.376. The molecule has 130 valence electrons. The minimum Gasteiger partial charge on any atom is -0.339 e. The molecule has 0 saturated heterocycles. The molecule has 0 bridgehead atoms. The Balaban J connectivity index is 1.54. The summed E-state index contributed by atoms with van der Waals surface area (Å²) in [5.41, 5.74) is 3.79. The highest BCUT2D eigenvalue weighted by molar-refractivity contribution is 5.26. The van der Waals surface area contributed by atoms with E-state index in [-0.39, 0.29) is 6.04 Å². The van der Waals surface area contributed by atoms with Gasteiger partial charge in [0.15, 0.2) is 5.82 Å². The van der Waals surface area contributed by atoms with Crippen LogP contribution < -0.4 is 5.32 Å². The third kappa shape index (κ3) is 4.77. The molecule has 0 saturated carbocycles. The number of nitrogens with one attached hydrogen (secondary N) is 1. The molecule has 3 aromatic rings. The van der Waals surface area contributed by atoms with Crippen LogP contribution in [0.5, 0.6) is 0 Å². The molecule has 0 aliphatic rings. The van der Waals surface area contributed by atoms with E-state index in [4.69, 9.17) is 4.52 Å². The van der Waals surface area contributed by atoms with Crippen molar-refractivity contribution in [2.24, 2.45) is 0 Å². The van der Waals surface area contributed by atoms with Gasteiger partial charge >= 0.3 is 0 Å². The zero-order valence-corrected chi connectivity index (χ0v) is 15.1. The largest absolute Gasteiger partial charge is 0.339 e. The van der Waals surface area contributed by atoms with Crippen LogP contribution in [0.25, 0.3) is 0 Å². The Morgan fingerprint density at radius 2 is 1.60 bits per heavy atom. The molecule has 4 nitrogen and oxygen atoms in total. The first kappa shape index (κ1) is 17.4. The lowest BCUT2D eigenvalue weighted by Gasteiger charge is -2.14. The molecule has 1 aromatic heterocycles. The van der Waals surface area contributed by atoms with Gasteiger partial charge in [-0.25, -0.2) is 0 Å². The summed E-state index contributed by atoms with van der Waals surface area (Å²) in [6.45, 7) is 7.15. The highest BCUT2D eigenvalue weighted by Gasteiger charge is 2.10. The lowest BCUT2D eigenvalue weighted by atomic mass is 10.00. The average Bonchev–Trinajstić information content (AvgIpc) is 3.08.